The summed E-state index contributed by atoms with van der Waals surface area (Å²) in [5.41, 5.74) is -0.771. The summed E-state index contributed by atoms with van der Waals surface area (Å²) in [7, 11) is 2.40. The van der Waals surface area contributed by atoms with E-state index in [1.165, 1.54) is 21.1 Å². The van der Waals surface area contributed by atoms with E-state index in [-0.39, 0.29) is 6.42 Å². The van der Waals surface area contributed by atoms with E-state index in [1.807, 2.05) is 30.3 Å². The second kappa shape index (κ2) is 7.61. The van der Waals surface area contributed by atoms with Crippen molar-refractivity contribution in [3.05, 3.63) is 42.0 Å². The number of hydrogen-bond acceptors (Lipinski definition) is 6. The standard InChI is InChI=1S/C19H22O6/c1-19(23)11-14(20)15(17(21)24-2)13(16(19)18(22)25-3)10-9-12-7-5-4-6-8-12/h4-10,13,15-16,23H,11H2,1-3H3/b10-9+/t13-,15+,16+,19+/m0/s1. The van der Waals surface area contributed by atoms with Gasteiger partial charge in [-0.3, -0.25) is 14.4 Å². The first-order valence-corrected chi connectivity index (χ1v) is 7.96. The summed E-state index contributed by atoms with van der Waals surface area (Å²) in [6, 6.07) is 9.24. The number of ether oxygens (including phenoxy) is 2. The topological polar surface area (TPSA) is 89.9 Å². The van der Waals surface area contributed by atoms with Gasteiger partial charge in [0.1, 0.15) is 5.92 Å². The van der Waals surface area contributed by atoms with Gasteiger partial charge in [-0.2, -0.15) is 0 Å². The van der Waals surface area contributed by atoms with Gasteiger partial charge in [-0.05, 0) is 12.5 Å². The van der Waals surface area contributed by atoms with Crippen molar-refractivity contribution >= 4 is 23.8 Å². The number of carbonyl (C=O) groups is 3. The normalized spacial score (nSPS) is 29.4. The molecule has 1 saturated carbocycles. The first kappa shape index (κ1) is 18.9. The maximum atomic E-state index is 12.4. The molecule has 6 heteroatoms. The van der Waals surface area contributed by atoms with E-state index in [4.69, 9.17) is 9.47 Å². The summed E-state index contributed by atoms with van der Waals surface area (Å²) < 4.78 is 9.55. The maximum absolute atomic E-state index is 12.4. The Balaban J connectivity index is 2.49. The molecule has 0 heterocycles. The second-order valence-corrected chi connectivity index (χ2v) is 6.35. The third-order valence-corrected chi connectivity index (χ3v) is 4.54. The van der Waals surface area contributed by atoms with E-state index in [1.54, 1.807) is 12.2 Å². The average molecular weight is 346 g/mol. The van der Waals surface area contributed by atoms with Crippen LogP contribution in [0.1, 0.15) is 18.9 Å². The number of Topliss-reactive ketones (excluding diaryl/α,β-unsaturated/α-hetero) is 1. The molecule has 6 nitrogen and oxygen atoms in total. The van der Waals surface area contributed by atoms with Crippen molar-refractivity contribution in [3.63, 3.8) is 0 Å². The van der Waals surface area contributed by atoms with Crippen LogP contribution in [0.5, 0.6) is 0 Å². The molecular weight excluding hydrogens is 324 g/mol. The number of rotatable bonds is 4. The van der Waals surface area contributed by atoms with Crippen LogP contribution in [0, 0.1) is 17.8 Å². The van der Waals surface area contributed by atoms with Crippen molar-refractivity contribution in [2.24, 2.45) is 17.8 Å². The monoisotopic (exact) mass is 346 g/mol. The molecule has 1 aliphatic rings. The predicted octanol–water partition coefficient (Wildman–Crippen LogP) is 1.62. The number of esters is 2. The molecule has 0 aromatic heterocycles. The zero-order chi connectivity index (χ0) is 18.6. The fraction of sp³-hybridized carbons (Fsp3) is 0.421. The summed E-state index contributed by atoms with van der Waals surface area (Å²) in [4.78, 5) is 36.9. The van der Waals surface area contributed by atoms with Gasteiger partial charge in [-0.15, -0.1) is 0 Å². The number of ketones is 1. The lowest BCUT2D eigenvalue weighted by molar-refractivity contribution is -0.172. The Hall–Kier alpha value is -2.47. The molecule has 1 N–H and O–H groups in total. The number of allylic oxidation sites excluding steroid dienone is 1. The molecule has 1 aromatic carbocycles. The highest BCUT2D eigenvalue weighted by atomic mass is 16.5. The van der Waals surface area contributed by atoms with Crippen molar-refractivity contribution in [2.75, 3.05) is 14.2 Å². The number of aliphatic hydroxyl groups is 1. The summed E-state index contributed by atoms with van der Waals surface area (Å²) >= 11 is 0. The Kier molecular flexibility index (Phi) is 5.74. The van der Waals surface area contributed by atoms with Gasteiger partial charge in [0.05, 0.1) is 25.7 Å². The SMILES string of the molecule is COC(=O)[C@H]1C(=O)C[C@@](C)(O)[C@@H](C(=O)OC)[C@H]1/C=C/c1ccccc1. The van der Waals surface area contributed by atoms with Crippen molar-refractivity contribution in [1.82, 2.24) is 0 Å². The first-order valence-electron chi connectivity index (χ1n) is 7.96. The molecule has 0 spiro atoms. The van der Waals surface area contributed by atoms with E-state index in [2.05, 4.69) is 0 Å². The highest BCUT2D eigenvalue weighted by Gasteiger charge is 2.55. The van der Waals surface area contributed by atoms with Gasteiger partial charge in [0, 0.05) is 12.3 Å². The lowest BCUT2D eigenvalue weighted by atomic mass is 9.63. The van der Waals surface area contributed by atoms with Crippen LogP contribution in [0.3, 0.4) is 0 Å². The van der Waals surface area contributed by atoms with Crippen LogP contribution in [0.25, 0.3) is 6.08 Å². The van der Waals surface area contributed by atoms with Gasteiger partial charge in [0.15, 0.2) is 5.78 Å². The Morgan fingerprint density at radius 2 is 1.76 bits per heavy atom. The third-order valence-electron chi connectivity index (χ3n) is 4.54. The molecule has 2 rings (SSSR count). The van der Waals surface area contributed by atoms with Crippen molar-refractivity contribution in [2.45, 2.75) is 18.9 Å². The number of methoxy groups -OCH3 is 2. The largest absolute Gasteiger partial charge is 0.469 e. The van der Waals surface area contributed by atoms with Gasteiger partial charge in [0.2, 0.25) is 0 Å². The van der Waals surface area contributed by atoms with E-state index in [0.717, 1.165) is 5.56 Å². The summed E-state index contributed by atoms with van der Waals surface area (Å²) in [5.74, 6) is -4.93. The second-order valence-electron chi connectivity index (χ2n) is 6.35. The zero-order valence-electron chi connectivity index (χ0n) is 14.5. The minimum absolute atomic E-state index is 0.317. The molecule has 4 atom stereocenters. The Morgan fingerprint density at radius 3 is 2.32 bits per heavy atom. The summed E-state index contributed by atoms with van der Waals surface area (Å²) in [6.07, 6.45) is 3.00. The fourth-order valence-electron chi connectivity index (χ4n) is 3.36. The molecule has 0 saturated heterocycles. The molecule has 1 aromatic rings. The molecule has 1 fully saturated rings. The molecule has 25 heavy (non-hydrogen) atoms. The predicted molar refractivity (Wildman–Crippen MR) is 90.2 cm³/mol. The van der Waals surface area contributed by atoms with Gasteiger partial charge >= 0.3 is 11.9 Å². The van der Waals surface area contributed by atoms with Crippen LogP contribution in [0.15, 0.2) is 36.4 Å². The van der Waals surface area contributed by atoms with E-state index >= 15 is 0 Å². The van der Waals surface area contributed by atoms with E-state index < -0.39 is 41.1 Å². The van der Waals surface area contributed by atoms with Gasteiger partial charge < -0.3 is 14.6 Å². The average Bonchev–Trinajstić information content (AvgIpc) is 2.58. The smallest absolute Gasteiger partial charge is 0.316 e. The van der Waals surface area contributed by atoms with Crippen LogP contribution >= 0.6 is 0 Å². The molecule has 0 bridgehead atoms. The van der Waals surface area contributed by atoms with Crippen molar-refractivity contribution in [3.8, 4) is 0 Å². The Morgan fingerprint density at radius 1 is 1.16 bits per heavy atom. The number of benzene rings is 1. The van der Waals surface area contributed by atoms with Crippen LogP contribution < -0.4 is 0 Å². The Bertz CT molecular complexity index is 676. The van der Waals surface area contributed by atoms with Crippen LogP contribution in [0.4, 0.5) is 0 Å². The molecule has 1 aliphatic carbocycles. The summed E-state index contributed by atoms with van der Waals surface area (Å²) in [6.45, 7) is 1.41. The fourth-order valence-corrected chi connectivity index (χ4v) is 3.36. The molecule has 0 unspecified atom stereocenters. The lowest BCUT2D eigenvalue weighted by Crippen LogP contribution is -2.55. The van der Waals surface area contributed by atoms with Crippen molar-refractivity contribution < 1.29 is 29.0 Å². The van der Waals surface area contributed by atoms with E-state index in [9.17, 15) is 19.5 Å². The molecular formula is C19H22O6. The molecule has 0 aliphatic heterocycles. The number of carbonyl (C=O) groups excluding carboxylic acids is 3. The molecule has 0 radical (unpaired) electrons. The Labute approximate surface area is 146 Å². The first-order chi connectivity index (χ1) is 11.8. The van der Waals surface area contributed by atoms with Gasteiger partial charge in [-0.25, -0.2) is 0 Å². The van der Waals surface area contributed by atoms with E-state index in [0.29, 0.717) is 0 Å². The van der Waals surface area contributed by atoms with Gasteiger partial charge in [-0.1, -0.05) is 42.5 Å². The molecule has 0 amide bonds. The van der Waals surface area contributed by atoms with Crippen molar-refractivity contribution in [1.29, 1.82) is 0 Å². The quantitative estimate of drug-likeness (QED) is 0.658. The van der Waals surface area contributed by atoms with Crippen LogP contribution in [-0.2, 0) is 23.9 Å². The summed E-state index contributed by atoms with van der Waals surface area (Å²) in [5, 5.41) is 10.6. The highest BCUT2D eigenvalue weighted by molar-refractivity contribution is 6.02. The highest BCUT2D eigenvalue weighted by Crippen LogP contribution is 2.42. The third kappa shape index (κ3) is 3.96. The van der Waals surface area contributed by atoms with Crippen LogP contribution in [0.2, 0.25) is 0 Å². The maximum Gasteiger partial charge on any atom is 0.316 e. The molecule has 134 valence electrons. The lowest BCUT2D eigenvalue weighted by Gasteiger charge is -2.42. The minimum Gasteiger partial charge on any atom is -0.469 e. The van der Waals surface area contributed by atoms with Gasteiger partial charge in [0.25, 0.3) is 0 Å². The zero-order valence-corrected chi connectivity index (χ0v) is 14.5. The van der Waals surface area contributed by atoms with Crippen LogP contribution in [-0.4, -0.2) is 42.6 Å². The minimum atomic E-state index is -1.61. The number of hydrogen-bond donors (Lipinski definition) is 1.